The number of nitrogens with one attached hydrogen (secondary N) is 1. The highest BCUT2D eigenvalue weighted by atomic mass is 19.1. The number of nitrogens with zero attached hydrogens (tertiary/aromatic N) is 1. The molecule has 0 radical (unpaired) electrons. The van der Waals surface area contributed by atoms with Crippen LogP contribution in [0.5, 0.6) is 0 Å². The molecular weight excluding hydrogens is 179 g/mol. The van der Waals surface area contributed by atoms with Gasteiger partial charge in [0, 0.05) is 6.20 Å². The van der Waals surface area contributed by atoms with Crippen LogP contribution in [0.2, 0.25) is 0 Å². The summed E-state index contributed by atoms with van der Waals surface area (Å²) in [5, 5.41) is 3.24. The van der Waals surface area contributed by atoms with Crippen LogP contribution in [0, 0.1) is 5.82 Å². The maximum atomic E-state index is 13.4. The van der Waals surface area contributed by atoms with E-state index in [1.54, 1.807) is 12.3 Å². The lowest BCUT2D eigenvalue weighted by Crippen LogP contribution is -2.22. The third-order valence-electron chi connectivity index (χ3n) is 2.14. The lowest BCUT2D eigenvalue weighted by Gasteiger charge is -2.16. The molecule has 1 heterocycles. The van der Waals surface area contributed by atoms with Crippen molar-refractivity contribution >= 4 is 0 Å². The van der Waals surface area contributed by atoms with Crippen LogP contribution in [0.3, 0.4) is 0 Å². The largest absolute Gasteiger partial charge is 0.309 e. The van der Waals surface area contributed by atoms with Crippen molar-refractivity contribution in [2.45, 2.75) is 32.7 Å². The van der Waals surface area contributed by atoms with Gasteiger partial charge in [-0.25, -0.2) is 4.39 Å². The number of rotatable bonds is 5. The van der Waals surface area contributed by atoms with Crippen LogP contribution in [0.4, 0.5) is 4.39 Å². The fourth-order valence-corrected chi connectivity index (χ4v) is 1.52. The monoisotopic (exact) mass is 196 g/mol. The normalized spacial score (nSPS) is 12.8. The van der Waals surface area contributed by atoms with Crippen LogP contribution in [0.25, 0.3) is 0 Å². The standard InChI is InChI=1S/C11H17FN2/c1-3-6-10(13-4-2)11-9(12)7-5-8-14-11/h5,7-8,10,13H,3-4,6H2,1-2H3. The summed E-state index contributed by atoms with van der Waals surface area (Å²) in [6, 6.07) is 3.13. The van der Waals surface area contributed by atoms with Crippen molar-refractivity contribution in [3.63, 3.8) is 0 Å². The third-order valence-corrected chi connectivity index (χ3v) is 2.14. The Bertz CT molecular complexity index is 270. The smallest absolute Gasteiger partial charge is 0.146 e. The summed E-state index contributed by atoms with van der Waals surface area (Å²) in [7, 11) is 0. The van der Waals surface area contributed by atoms with Gasteiger partial charge in [-0.1, -0.05) is 20.3 Å². The van der Waals surface area contributed by atoms with Gasteiger partial charge in [0.25, 0.3) is 0 Å². The van der Waals surface area contributed by atoms with E-state index in [0.29, 0.717) is 5.69 Å². The Morgan fingerprint density at radius 1 is 1.50 bits per heavy atom. The molecule has 78 valence electrons. The van der Waals surface area contributed by atoms with E-state index in [-0.39, 0.29) is 11.9 Å². The van der Waals surface area contributed by atoms with Gasteiger partial charge in [-0.2, -0.15) is 0 Å². The summed E-state index contributed by atoms with van der Waals surface area (Å²) in [4.78, 5) is 4.08. The van der Waals surface area contributed by atoms with E-state index in [9.17, 15) is 4.39 Å². The number of hydrogen-bond donors (Lipinski definition) is 1. The van der Waals surface area contributed by atoms with E-state index in [1.165, 1.54) is 6.07 Å². The zero-order valence-electron chi connectivity index (χ0n) is 8.76. The van der Waals surface area contributed by atoms with Gasteiger partial charge in [-0.3, -0.25) is 4.98 Å². The maximum Gasteiger partial charge on any atom is 0.146 e. The third kappa shape index (κ3) is 2.77. The Labute approximate surface area is 84.6 Å². The molecule has 0 aliphatic carbocycles. The van der Waals surface area contributed by atoms with E-state index in [2.05, 4.69) is 17.2 Å². The van der Waals surface area contributed by atoms with Crippen molar-refractivity contribution in [2.24, 2.45) is 0 Å². The van der Waals surface area contributed by atoms with Crippen LogP contribution < -0.4 is 5.32 Å². The van der Waals surface area contributed by atoms with E-state index in [0.717, 1.165) is 19.4 Å². The molecule has 0 saturated carbocycles. The van der Waals surface area contributed by atoms with Crippen molar-refractivity contribution in [1.29, 1.82) is 0 Å². The zero-order chi connectivity index (χ0) is 10.4. The minimum atomic E-state index is -0.216. The zero-order valence-corrected chi connectivity index (χ0v) is 8.76. The Morgan fingerprint density at radius 2 is 2.29 bits per heavy atom. The molecule has 1 aromatic rings. The van der Waals surface area contributed by atoms with Crippen molar-refractivity contribution in [3.8, 4) is 0 Å². The Balaban J connectivity index is 2.81. The van der Waals surface area contributed by atoms with E-state index < -0.39 is 0 Å². The Kier molecular flexibility index (Phi) is 4.53. The highest BCUT2D eigenvalue weighted by Crippen LogP contribution is 2.18. The molecule has 2 nitrogen and oxygen atoms in total. The Morgan fingerprint density at radius 3 is 2.86 bits per heavy atom. The quantitative estimate of drug-likeness (QED) is 0.783. The molecular formula is C11H17FN2. The summed E-state index contributed by atoms with van der Waals surface area (Å²) < 4.78 is 13.4. The van der Waals surface area contributed by atoms with Gasteiger partial charge in [0.15, 0.2) is 0 Å². The predicted octanol–water partition coefficient (Wildman–Crippen LogP) is 2.67. The second-order valence-electron chi connectivity index (χ2n) is 3.27. The Hall–Kier alpha value is -0.960. The summed E-state index contributed by atoms with van der Waals surface area (Å²) in [6.45, 7) is 4.94. The van der Waals surface area contributed by atoms with Crippen LogP contribution in [-0.4, -0.2) is 11.5 Å². The fraction of sp³-hybridized carbons (Fsp3) is 0.545. The molecule has 1 atom stereocenters. The summed E-state index contributed by atoms with van der Waals surface area (Å²) >= 11 is 0. The second-order valence-corrected chi connectivity index (χ2v) is 3.27. The van der Waals surface area contributed by atoms with Crippen LogP contribution in [0.15, 0.2) is 18.3 Å². The minimum absolute atomic E-state index is 0.0474. The second kappa shape index (κ2) is 5.70. The molecule has 0 amide bonds. The number of hydrogen-bond acceptors (Lipinski definition) is 2. The predicted molar refractivity (Wildman–Crippen MR) is 55.5 cm³/mol. The van der Waals surface area contributed by atoms with Crippen LogP contribution >= 0.6 is 0 Å². The van der Waals surface area contributed by atoms with Gasteiger partial charge in [-0.05, 0) is 25.1 Å². The molecule has 0 spiro atoms. The molecule has 1 aromatic heterocycles. The molecule has 0 bridgehead atoms. The molecule has 0 saturated heterocycles. The summed E-state index contributed by atoms with van der Waals surface area (Å²) in [6.07, 6.45) is 3.58. The highest BCUT2D eigenvalue weighted by molar-refractivity contribution is 5.11. The van der Waals surface area contributed by atoms with Gasteiger partial charge >= 0.3 is 0 Å². The molecule has 0 fully saturated rings. The molecule has 0 aromatic carbocycles. The SMILES string of the molecule is CCCC(NCC)c1ncccc1F. The first-order valence-electron chi connectivity index (χ1n) is 5.13. The highest BCUT2D eigenvalue weighted by Gasteiger charge is 2.14. The number of halogens is 1. The van der Waals surface area contributed by atoms with Crippen molar-refractivity contribution < 1.29 is 4.39 Å². The fourth-order valence-electron chi connectivity index (χ4n) is 1.52. The lowest BCUT2D eigenvalue weighted by atomic mass is 10.1. The van der Waals surface area contributed by atoms with Crippen LogP contribution in [-0.2, 0) is 0 Å². The molecule has 1 N–H and O–H groups in total. The topological polar surface area (TPSA) is 24.9 Å². The van der Waals surface area contributed by atoms with Gasteiger partial charge < -0.3 is 5.32 Å². The first-order valence-corrected chi connectivity index (χ1v) is 5.13. The minimum Gasteiger partial charge on any atom is -0.309 e. The van der Waals surface area contributed by atoms with Crippen molar-refractivity contribution in [1.82, 2.24) is 10.3 Å². The lowest BCUT2D eigenvalue weighted by molar-refractivity contribution is 0.467. The molecule has 1 unspecified atom stereocenters. The summed E-state index contributed by atoms with van der Waals surface area (Å²) in [5.41, 5.74) is 0.538. The van der Waals surface area contributed by atoms with Gasteiger partial charge in [0.1, 0.15) is 5.82 Å². The average molecular weight is 196 g/mol. The molecule has 3 heteroatoms. The molecule has 14 heavy (non-hydrogen) atoms. The number of aromatic nitrogens is 1. The van der Waals surface area contributed by atoms with Crippen LogP contribution in [0.1, 0.15) is 38.4 Å². The first kappa shape index (κ1) is 11.1. The first-order chi connectivity index (χ1) is 6.79. The summed E-state index contributed by atoms with van der Waals surface area (Å²) in [5.74, 6) is -0.216. The molecule has 0 aliphatic heterocycles. The van der Waals surface area contributed by atoms with E-state index in [1.807, 2.05) is 6.92 Å². The van der Waals surface area contributed by atoms with E-state index >= 15 is 0 Å². The van der Waals surface area contributed by atoms with Crippen molar-refractivity contribution in [2.75, 3.05) is 6.54 Å². The average Bonchev–Trinajstić information content (AvgIpc) is 2.18. The van der Waals surface area contributed by atoms with Gasteiger partial charge in [0.2, 0.25) is 0 Å². The van der Waals surface area contributed by atoms with Crippen molar-refractivity contribution in [3.05, 3.63) is 29.8 Å². The van der Waals surface area contributed by atoms with E-state index in [4.69, 9.17) is 0 Å². The molecule has 1 rings (SSSR count). The number of pyridine rings is 1. The van der Waals surface area contributed by atoms with Gasteiger partial charge in [0.05, 0.1) is 11.7 Å². The molecule has 0 aliphatic rings. The van der Waals surface area contributed by atoms with Gasteiger partial charge in [-0.15, -0.1) is 0 Å². The maximum absolute atomic E-state index is 13.4.